The number of nitrogens with two attached hydrogens (primary N) is 1. The van der Waals surface area contributed by atoms with Crippen LogP contribution in [0.5, 0.6) is 0 Å². The van der Waals surface area contributed by atoms with E-state index in [-0.39, 0.29) is 18.1 Å². The molecule has 2 N–H and O–H groups in total. The van der Waals surface area contributed by atoms with Gasteiger partial charge in [-0.25, -0.2) is 8.42 Å². The van der Waals surface area contributed by atoms with Crippen molar-refractivity contribution in [2.75, 3.05) is 0 Å². The number of halogens is 1. The number of hydrogen-bond acceptors (Lipinski definition) is 3. The third-order valence-electron chi connectivity index (χ3n) is 4.41. The molecule has 2 atom stereocenters. The van der Waals surface area contributed by atoms with Crippen molar-refractivity contribution in [3.63, 3.8) is 0 Å². The molecule has 4 nitrogen and oxygen atoms in total. The van der Waals surface area contributed by atoms with Gasteiger partial charge in [-0.05, 0) is 50.3 Å². The molecule has 1 aromatic rings. The Morgan fingerprint density at radius 3 is 2.45 bits per heavy atom. The lowest BCUT2D eigenvalue weighted by molar-refractivity contribution is 0.227. The largest absolute Gasteiger partial charge is 0.328 e. The van der Waals surface area contributed by atoms with Crippen LogP contribution >= 0.6 is 15.9 Å². The number of nitrogens with zero attached hydrogens (tertiary/aromatic N) is 1. The summed E-state index contributed by atoms with van der Waals surface area (Å²) in [7, 11) is -3.43. The number of fused-ring (bicyclic) bond motifs is 2. The Bertz CT molecular complexity index is 618. The van der Waals surface area contributed by atoms with E-state index in [1.165, 1.54) is 0 Å². The van der Waals surface area contributed by atoms with Gasteiger partial charge in [-0.15, -0.1) is 0 Å². The summed E-state index contributed by atoms with van der Waals surface area (Å²) in [5, 5.41) is 0. The summed E-state index contributed by atoms with van der Waals surface area (Å²) in [5.74, 6) is 0. The van der Waals surface area contributed by atoms with E-state index >= 15 is 0 Å². The van der Waals surface area contributed by atoms with Crippen molar-refractivity contribution in [3.8, 4) is 0 Å². The third-order valence-corrected chi connectivity index (χ3v) is 7.05. The van der Waals surface area contributed by atoms with Crippen LogP contribution in [0.4, 0.5) is 0 Å². The molecule has 20 heavy (non-hydrogen) atoms. The molecule has 2 aliphatic heterocycles. The minimum Gasteiger partial charge on any atom is -0.328 e. The zero-order chi connectivity index (χ0) is 14.5. The van der Waals surface area contributed by atoms with Gasteiger partial charge in [-0.3, -0.25) is 0 Å². The van der Waals surface area contributed by atoms with Gasteiger partial charge in [-0.1, -0.05) is 22.0 Å². The van der Waals surface area contributed by atoms with Crippen molar-refractivity contribution in [1.29, 1.82) is 0 Å². The zero-order valence-electron chi connectivity index (χ0n) is 11.4. The highest BCUT2D eigenvalue weighted by Crippen LogP contribution is 2.40. The Balaban J connectivity index is 2.03. The molecule has 2 heterocycles. The molecule has 3 rings (SSSR count). The standard InChI is InChI=1S/C14H19BrN2O2S/c1-9-2-3-10(15)6-14(9)20(18,19)17-12-4-5-13(17)8-11(16)7-12/h2-3,6,11-13H,4-5,7-8,16H2,1H3. The number of piperidine rings is 1. The monoisotopic (exact) mass is 358 g/mol. The fourth-order valence-corrected chi connectivity index (χ4v) is 6.19. The normalized spacial score (nSPS) is 30.6. The van der Waals surface area contributed by atoms with E-state index in [9.17, 15) is 8.42 Å². The number of benzene rings is 1. The molecule has 2 saturated heterocycles. The summed E-state index contributed by atoms with van der Waals surface area (Å²) in [4.78, 5) is 0.416. The van der Waals surface area contributed by atoms with Crippen LogP contribution < -0.4 is 5.73 Å². The zero-order valence-corrected chi connectivity index (χ0v) is 13.8. The smallest absolute Gasteiger partial charge is 0.243 e. The molecule has 0 aromatic heterocycles. The summed E-state index contributed by atoms with van der Waals surface area (Å²) < 4.78 is 28.5. The second-order valence-electron chi connectivity index (χ2n) is 5.86. The summed E-state index contributed by atoms with van der Waals surface area (Å²) in [6.45, 7) is 1.84. The van der Waals surface area contributed by atoms with Crippen LogP contribution in [-0.4, -0.2) is 30.8 Å². The lowest BCUT2D eigenvalue weighted by Crippen LogP contribution is -2.50. The Hall–Kier alpha value is -0.430. The highest BCUT2D eigenvalue weighted by Gasteiger charge is 2.46. The van der Waals surface area contributed by atoms with Crippen LogP contribution in [0.15, 0.2) is 27.6 Å². The molecule has 0 spiro atoms. The van der Waals surface area contributed by atoms with E-state index in [1.807, 2.05) is 19.1 Å². The van der Waals surface area contributed by atoms with Crippen molar-refractivity contribution in [1.82, 2.24) is 4.31 Å². The second kappa shape index (κ2) is 5.09. The van der Waals surface area contributed by atoms with Crippen LogP contribution in [0.1, 0.15) is 31.2 Å². The van der Waals surface area contributed by atoms with Crippen LogP contribution in [0.3, 0.4) is 0 Å². The van der Waals surface area contributed by atoms with Gasteiger partial charge in [0.15, 0.2) is 0 Å². The molecule has 2 fully saturated rings. The van der Waals surface area contributed by atoms with Gasteiger partial charge in [0.2, 0.25) is 10.0 Å². The van der Waals surface area contributed by atoms with E-state index in [1.54, 1.807) is 10.4 Å². The first-order valence-corrected chi connectivity index (χ1v) is 9.18. The van der Waals surface area contributed by atoms with E-state index < -0.39 is 10.0 Å². The molecule has 110 valence electrons. The van der Waals surface area contributed by atoms with Crippen molar-refractivity contribution in [3.05, 3.63) is 28.2 Å². The Labute approximate surface area is 128 Å². The van der Waals surface area contributed by atoms with E-state index in [4.69, 9.17) is 5.73 Å². The highest BCUT2D eigenvalue weighted by atomic mass is 79.9. The lowest BCUT2D eigenvalue weighted by Gasteiger charge is -2.36. The fourth-order valence-electron chi connectivity index (χ4n) is 3.53. The quantitative estimate of drug-likeness (QED) is 0.882. The molecule has 2 bridgehead atoms. The highest BCUT2D eigenvalue weighted by molar-refractivity contribution is 9.10. The first-order valence-electron chi connectivity index (χ1n) is 6.95. The molecule has 6 heteroatoms. The first-order chi connectivity index (χ1) is 9.39. The van der Waals surface area contributed by atoms with E-state index in [0.717, 1.165) is 35.7 Å². The Morgan fingerprint density at radius 1 is 1.25 bits per heavy atom. The van der Waals surface area contributed by atoms with Crippen molar-refractivity contribution in [2.45, 2.75) is 55.6 Å². The Morgan fingerprint density at radius 2 is 1.85 bits per heavy atom. The van der Waals surface area contributed by atoms with Gasteiger partial charge >= 0.3 is 0 Å². The second-order valence-corrected chi connectivity index (χ2v) is 8.59. The molecule has 0 aliphatic carbocycles. The number of hydrogen-bond donors (Lipinski definition) is 1. The number of rotatable bonds is 2. The van der Waals surface area contributed by atoms with Gasteiger partial charge in [-0.2, -0.15) is 4.31 Å². The van der Waals surface area contributed by atoms with Crippen LogP contribution in [-0.2, 0) is 10.0 Å². The molecular formula is C14H19BrN2O2S. The first kappa shape index (κ1) is 14.5. The number of sulfonamides is 1. The van der Waals surface area contributed by atoms with Gasteiger partial charge in [0.25, 0.3) is 0 Å². The summed E-state index contributed by atoms with van der Waals surface area (Å²) in [6.07, 6.45) is 3.43. The van der Waals surface area contributed by atoms with Crippen molar-refractivity contribution < 1.29 is 8.42 Å². The minimum atomic E-state index is -3.43. The minimum absolute atomic E-state index is 0.0760. The molecule has 1 aromatic carbocycles. The van der Waals surface area contributed by atoms with Crippen molar-refractivity contribution >= 4 is 26.0 Å². The van der Waals surface area contributed by atoms with Gasteiger partial charge in [0, 0.05) is 22.6 Å². The van der Waals surface area contributed by atoms with Gasteiger partial charge in [0.05, 0.1) is 4.90 Å². The van der Waals surface area contributed by atoms with E-state index in [0.29, 0.717) is 4.90 Å². The maximum absolute atomic E-state index is 13.0. The summed E-state index contributed by atoms with van der Waals surface area (Å²) >= 11 is 3.37. The average Bonchev–Trinajstić information content (AvgIpc) is 2.66. The third kappa shape index (κ3) is 2.32. The van der Waals surface area contributed by atoms with Crippen molar-refractivity contribution in [2.24, 2.45) is 5.73 Å². The molecule has 2 aliphatic rings. The fraction of sp³-hybridized carbons (Fsp3) is 0.571. The maximum Gasteiger partial charge on any atom is 0.243 e. The predicted octanol–water partition coefficient (Wildman–Crippen LogP) is 2.40. The van der Waals surface area contributed by atoms with Gasteiger partial charge < -0.3 is 5.73 Å². The van der Waals surface area contributed by atoms with Crippen LogP contribution in [0.25, 0.3) is 0 Å². The molecule has 0 saturated carbocycles. The predicted molar refractivity (Wildman–Crippen MR) is 81.9 cm³/mol. The molecular weight excluding hydrogens is 340 g/mol. The topological polar surface area (TPSA) is 63.4 Å². The van der Waals surface area contributed by atoms with Crippen LogP contribution in [0, 0.1) is 6.92 Å². The SMILES string of the molecule is Cc1ccc(Br)cc1S(=O)(=O)N1C2CCC1CC(N)C2. The lowest BCUT2D eigenvalue weighted by atomic mass is 10.0. The number of aryl methyl sites for hydroxylation is 1. The van der Waals surface area contributed by atoms with Gasteiger partial charge in [0.1, 0.15) is 0 Å². The average molecular weight is 359 g/mol. The maximum atomic E-state index is 13.0. The molecule has 0 radical (unpaired) electrons. The summed E-state index contributed by atoms with van der Waals surface area (Å²) in [6, 6.07) is 5.71. The van der Waals surface area contributed by atoms with Crippen LogP contribution in [0.2, 0.25) is 0 Å². The molecule has 2 unspecified atom stereocenters. The Kier molecular flexibility index (Phi) is 3.69. The van der Waals surface area contributed by atoms with E-state index in [2.05, 4.69) is 15.9 Å². The summed E-state index contributed by atoms with van der Waals surface area (Å²) in [5.41, 5.74) is 6.82. The molecule has 0 amide bonds.